The molecular formula is C22H27N3O3S. The van der Waals surface area contributed by atoms with E-state index in [9.17, 15) is 9.59 Å². The largest absolute Gasteiger partial charge is 0.496 e. The number of carbonyl (C=O) groups is 2. The quantitative estimate of drug-likeness (QED) is 0.816. The zero-order valence-corrected chi connectivity index (χ0v) is 17.9. The van der Waals surface area contributed by atoms with Gasteiger partial charge in [-0.1, -0.05) is 25.0 Å². The summed E-state index contributed by atoms with van der Waals surface area (Å²) in [4.78, 5) is 34.1. The fourth-order valence-electron chi connectivity index (χ4n) is 4.66. The minimum Gasteiger partial charge on any atom is -0.496 e. The van der Waals surface area contributed by atoms with Crippen LogP contribution in [0.25, 0.3) is 0 Å². The number of carbonyl (C=O) groups excluding carboxylic acids is 2. The molecule has 1 aliphatic carbocycles. The number of nitrogens with zero attached hydrogens (tertiary/aromatic N) is 2. The van der Waals surface area contributed by atoms with Gasteiger partial charge in [0.05, 0.1) is 18.4 Å². The molecule has 2 fully saturated rings. The van der Waals surface area contributed by atoms with Gasteiger partial charge in [-0.05, 0) is 51.2 Å². The molecule has 4 rings (SSSR count). The lowest BCUT2D eigenvalue weighted by molar-refractivity contribution is -0.120. The fourth-order valence-corrected chi connectivity index (χ4v) is 5.48. The summed E-state index contributed by atoms with van der Waals surface area (Å²) in [6, 6.07) is 6.87. The molecule has 1 aliphatic heterocycles. The van der Waals surface area contributed by atoms with Gasteiger partial charge in [-0.3, -0.25) is 9.59 Å². The molecule has 0 radical (unpaired) electrons. The Labute approximate surface area is 175 Å². The van der Waals surface area contributed by atoms with Crippen molar-refractivity contribution in [3.05, 3.63) is 40.4 Å². The Bertz CT molecular complexity index is 906. The molecule has 3 atom stereocenters. The number of hydrogen-bond acceptors (Lipinski definition) is 5. The van der Waals surface area contributed by atoms with Gasteiger partial charge in [0.2, 0.25) is 5.91 Å². The minimum absolute atomic E-state index is 0.108. The monoisotopic (exact) mass is 413 g/mol. The molecule has 1 aromatic carbocycles. The highest BCUT2D eigenvalue weighted by atomic mass is 32.1. The molecule has 0 unspecified atom stereocenters. The van der Waals surface area contributed by atoms with Crippen LogP contribution >= 0.6 is 11.3 Å². The van der Waals surface area contributed by atoms with E-state index in [0.717, 1.165) is 36.3 Å². The number of hydrogen-bond donors (Lipinski definition) is 1. The molecule has 6 nitrogen and oxygen atoms in total. The third-order valence-electron chi connectivity index (χ3n) is 6.22. The van der Waals surface area contributed by atoms with Gasteiger partial charge >= 0.3 is 0 Å². The lowest BCUT2D eigenvalue weighted by atomic mass is 9.84. The molecule has 2 aromatic rings. The van der Waals surface area contributed by atoms with E-state index in [0.29, 0.717) is 28.8 Å². The zero-order valence-electron chi connectivity index (χ0n) is 17.1. The third-order valence-corrected chi connectivity index (χ3v) is 7.21. The molecule has 0 spiro atoms. The van der Waals surface area contributed by atoms with E-state index >= 15 is 0 Å². The molecule has 1 saturated carbocycles. The molecule has 1 N–H and O–H groups in total. The van der Waals surface area contributed by atoms with Gasteiger partial charge in [-0.25, -0.2) is 4.98 Å². The third kappa shape index (κ3) is 3.75. The smallest absolute Gasteiger partial charge is 0.258 e. The number of benzene rings is 1. The Hall–Kier alpha value is -2.41. The van der Waals surface area contributed by atoms with Gasteiger partial charge in [0.15, 0.2) is 5.13 Å². The van der Waals surface area contributed by atoms with Crippen LogP contribution in [-0.2, 0) is 4.79 Å². The van der Waals surface area contributed by atoms with Crippen molar-refractivity contribution in [1.82, 2.24) is 9.88 Å². The summed E-state index contributed by atoms with van der Waals surface area (Å²) < 4.78 is 5.41. The maximum absolute atomic E-state index is 13.6. The summed E-state index contributed by atoms with van der Waals surface area (Å²) in [5, 5.41) is 3.56. The maximum atomic E-state index is 13.6. The van der Waals surface area contributed by atoms with E-state index < -0.39 is 6.04 Å². The van der Waals surface area contributed by atoms with E-state index in [-0.39, 0.29) is 17.9 Å². The van der Waals surface area contributed by atoms with E-state index in [1.54, 1.807) is 19.2 Å². The van der Waals surface area contributed by atoms with Crippen LogP contribution in [0.1, 0.15) is 53.0 Å². The van der Waals surface area contributed by atoms with Crippen LogP contribution < -0.4 is 10.1 Å². The minimum atomic E-state index is -0.481. The lowest BCUT2D eigenvalue weighted by Crippen LogP contribution is -2.47. The van der Waals surface area contributed by atoms with Crippen LogP contribution in [0.2, 0.25) is 0 Å². The molecule has 2 aliphatic rings. The summed E-state index contributed by atoms with van der Waals surface area (Å²) >= 11 is 1.47. The molecule has 7 heteroatoms. The van der Waals surface area contributed by atoms with Gasteiger partial charge in [-0.15, -0.1) is 11.3 Å². The predicted octanol–water partition coefficient (Wildman–Crippen LogP) is 4.18. The van der Waals surface area contributed by atoms with Crippen molar-refractivity contribution in [3.63, 3.8) is 0 Å². The number of thiazole rings is 1. The molecule has 2 amide bonds. The van der Waals surface area contributed by atoms with Crippen molar-refractivity contribution in [3.8, 4) is 5.75 Å². The van der Waals surface area contributed by atoms with Crippen LogP contribution in [0.5, 0.6) is 5.75 Å². The number of amides is 2. The van der Waals surface area contributed by atoms with E-state index in [4.69, 9.17) is 4.74 Å². The molecule has 29 heavy (non-hydrogen) atoms. The summed E-state index contributed by atoms with van der Waals surface area (Å²) in [6.07, 6.45) is 4.98. The van der Waals surface area contributed by atoms with Crippen molar-refractivity contribution >= 4 is 28.3 Å². The molecule has 1 aromatic heterocycles. The number of para-hydroxylation sites is 1. The van der Waals surface area contributed by atoms with Crippen molar-refractivity contribution in [1.29, 1.82) is 0 Å². The molecule has 0 bridgehead atoms. The van der Waals surface area contributed by atoms with Crippen LogP contribution in [0.4, 0.5) is 5.13 Å². The first-order valence-electron chi connectivity index (χ1n) is 10.2. The standard InChI is InChI=1S/C22H27N3O3S/c1-13-14(2)29-22(23-13)24-20(26)18-12-15-8-4-6-10-17(15)25(18)21(27)16-9-5-7-11-19(16)28-3/h5,7,9,11,15,17-18H,4,6,8,10,12H2,1-3H3,(H,23,24,26)/t15-,17+,18+/m1/s1. The van der Waals surface area contributed by atoms with Gasteiger partial charge in [0.1, 0.15) is 11.8 Å². The maximum Gasteiger partial charge on any atom is 0.258 e. The summed E-state index contributed by atoms with van der Waals surface area (Å²) in [6.45, 7) is 3.92. The number of likely N-dealkylation sites (tertiary alicyclic amines) is 1. The normalized spacial score (nSPS) is 23.6. The number of fused-ring (bicyclic) bond motifs is 1. The summed E-state index contributed by atoms with van der Waals surface area (Å²) in [5.74, 6) is 0.653. The number of anilines is 1. The Kier molecular flexibility index (Phi) is 5.58. The first kappa shape index (κ1) is 19.9. The lowest BCUT2D eigenvalue weighted by Gasteiger charge is -2.33. The first-order valence-corrected chi connectivity index (χ1v) is 11.0. The van der Waals surface area contributed by atoms with Crippen LogP contribution in [0.15, 0.2) is 24.3 Å². The van der Waals surface area contributed by atoms with Gasteiger partial charge in [0, 0.05) is 10.9 Å². The number of nitrogens with one attached hydrogen (secondary N) is 1. The topological polar surface area (TPSA) is 71.5 Å². The second kappa shape index (κ2) is 8.14. The molecule has 154 valence electrons. The predicted molar refractivity (Wildman–Crippen MR) is 114 cm³/mol. The van der Waals surface area contributed by atoms with Gasteiger partial charge in [0.25, 0.3) is 5.91 Å². The zero-order chi connectivity index (χ0) is 20.5. The average molecular weight is 414 g/mol. The highest BCUT2D eigenvalue weighted by Gasteiger charge is 2.48. The van der Waals surface area contributed by atoms with Crippen molar-refractivity contribution in [2.24, 2.45) is 5.92 Å². The van der Waals surface area contributed by atoms with Crippen molar-refractivity contribution in [2.45, 2.75) is 58.0 Å². The molecular weight excluding hydrogens is 386 g/mol. The molecule has 2 heterocycles. The second-order valence-corrected chi connectivity index (χ2v) is 9.13. The highest BCUT2D eigenvalue weighted by Crippen LogP contribution is 2.41. The summed E-state index contributed by atoms with van der Waals surface area (Å²) in [5.41, 5.74) is 1.44. The number of aromatic nitrogens is 1. The summed E-state index contributed by atoms with van der Waals surface area (Å²) in [7, 11) is 1.57. The Morgan fingerprint density at radius 2 is 1.97 bits per heavy atom. The second-order valence-electron chi connectivity index (χ2n) is 7.93. The SMILES string of the molecule is COc1ccccc1C(=O)N1[C@H](C(=O)Nc2nc(C)c(C)s2)C[C@H]2CCCC[C@@H]21. The van der Waals surface area contributed by atoms with Crippen LogP contribution in [0, 0.1) is 19.8 Å². The number of methoxy groups -OCH3 is 1. The van der Waals surface area contributed by atoms with E-state index in [2.05, 4.69) is 10.3 Å². The van der Waals surface area contributed by atoms with Gasteiger partial charge < -0.3 is 15.0 Å². The number of aryl methyl sites for hydroxylation is 2. The molecule has 1 saturated heterocycles. The Morgan fingerprint density at radius 1 is 1.21 bits per heavy atom. The van der Waals surface area contributed by atoms with Crippen molar-refractivity contribution < 1.29 is 14.3 Å². The van der Waals surface area contributed by atoms with Crippen molar-refractivity contribution in [2.75, 3.05) is 12.4 Å². The average Bonchev–Trinajstić information content (AvgIpc) is 3.27. The Morgan fingerprint density at radius 3 is 2.69 bits per heavy atom. The van der Waals surface area contributed by atoms with E-state index in [1.807, 2.05) is 30.9 Å². The first-order chi connectivity index (χ1) is 14.0. The van der Waals surface area contributed by atoms with E-state index in [1.165, 1.54) is 11.3 Å². The van der Waals surface area contributed by atoms with Crippen LogP contribution in [-0.4, -0.2) is 40.9 Å². The van der Waals surface area contributed by atoms with Crippen LogP contribution in [0.3, 0.4) is 0 Å². The highest BCUT2D eigenvalue weighted by molar-refractivity contribution is 7.15. The number of rotatable bonds is 4. The Balaban J connectivity index is 1.63. The number of ether oxygens (including phenoxy) is 1. The fraction of sp³-hybridized carbons (Fsp3) is 0.500. The van der Waals surface area contributed by atoms with Gasteiger partial charge in [-0.2, -0.15) is 0 Å².